The van der Waals surface area contributed by atoms with E-state index in [9.17, 15) is 4.79 Å². The lowest BCUT2D eigenvalue weighted by molar-refractivity contribution is 0.102. The van der Waals surface area contributed by atoms with Crippen LogP contribution in [0.15, 0.2) is 60.8 Å². The van der Waals surface area contributed by atoms with Crippen LogP contribution in [0, 0.1) is 0 Å². The van der Waals surface area contributed by atoms with Crippen LogP contribution in [-0.4, -0.2) is 17.7 Å². The molecule has 26 heavy (non-hydrogen) atoms. The average molecular weight is 369 g/mol. The van der Waals surface area contributed by atoms with Gasteiger partial charge < -0.3 is 19.5 Å². The fraction of sp³-hybridized carbons (Fsp3) is 0.0526. The van der Waals surface area contributed by atoms with Gasteiger partial charge >= 0.3 is 0 Å². The van der Waals surface area contributed by atoms with Crippen LogP contribution < -0.4 is 19.5 Å². The molecule has 0 aliphatic carbocycles. The van der Waals surface area contributed by atoms with Crippen molar-refractivity contribution >= 4 is 23.2 Å². The van der Waals surface area contributed by atoms with Crippen LogP contribution in [0.3, 0.4) is 0 Å². The van der Waals surface area contributed by atoms with Crippen molar-refractivity contribution < 1.29 is 19.0 Å². The Bertz CT molecular complexity index is 943. The molecule has 7 heteroatoms. The van der Waals surface area contributed by atoms with E-state index in [-0.39, 0.29) is 12.7 Å². The number of carbonyl (C=O) groups is 1. The van der Waals surface area contributed by atoms with Crippen LogP contribution in [-0.2, 0) is 0 Å². The largest absolute Gasteiger partial charge is 0.454 e. The highest BCUT2D eigenvalue weighted by Gasteiger charge is 2.21. The van der Waals surface area contributed by atoms with Crippen LogP contribution in [0.2, 0.25) is 5.02 Å². The van der Waals surface area contributed by atoms with E-state index in [4.69, 9.17) is 25.8 Å². The molecule has 0 atom stereocenters. The smallest absolute Gasteiger partial charge is 0.259 e. The Hall–Kier alpha value is -3.25. The number of pyridine rings is 1. The van der Waals surface area contributed by atoms with E-state index in [0.717, 1.165) is 0 Å². The highest BCUT2D eigenvalue weighted by Crippen LogP contribution is 2.35. The van der Waals surface area contributed by atoms with Crippen LogP contribution >= 0.6 is 11.6 Å². The number of aromatic nitrogens is 1. The number of ether oxygens (including phenoxy) is 3. The molecule has 2 aromatic carbocycles. The first-order valence-corrected chi connectivity index (χ1v) is 8.16. The molecule has 0 spiro atoms. The number of halogens is 1. The zero-order valence-corrected chi connectivity index (χ0v) is 14.2. The number of anilines is 1. The van der Waals surface area contributed by atoms with Gasteiger partial charge in [0.2, 0.25) is 12.7 Å². The molecule has 0 saturated heterocycles. The van der Waals surface area contributed by atoms with Crippen molar-refractivity contribution in [1.82, 2.24) is 4.98 Å². The van der Waals surface area contributed by atoms with Crippen molar-refractivity contribution in [3.8, 4) is 23.1 Å². The standard InChI is InChI=1S/C19H13ClN2O4/c20-12-4-7-14(8-5-12)26-17-9-6-13(10-21-17)22-19(23)15-2-1-3-16-18(15)25-11-24-16/h1-10H,11H2,(H,22,23). The monoisotopic (exact) mass is 368 g/mol. The number of rotatable bonds is 4. The molecule has 1 aliphatic rings. The lowest BCUT2D eigenvalue weighted by atomic mass is 10.1. The molecule has 1 aliphatic heterocycles. The Morgan fingerprint density at radius 2 is 1.92 bits per heavy atom. The number of benzene rings is 2. The highest BCUT2D eigenvalue weighted by molar-refractivity contribution is 6.30. The van der Waals surface area contributed by atoms with Crippen molar-refractivity contribution in [3.05, 3.63) is 71.4 Å². The molecule has 0 bridgehead atoms. The fourth-order valence-electron chi connectivity index (χ4n) is 2.45. The fourth-order valence-corrected chi connectivity index (χ4v) is 2.57. The summed E-state index contributed by atoms with van der Waals surface area (Å²) in [7, 11) is 0. The SMILES string of the molecule is O=C(Nc1ccc(Oc2ccc(Cl)cc2)nc1)c1cccc2c1OCO2. The lowest BCUT2D eigenvalue weighted by Crippen LogP contribution is -2.12. The molecule has 2 heterocycles. The molecule has 0 unspecified atom stereocenters. The molecular weight excluding hydrogens is 356 g/mol. The minimum Gasteiger partial charge on any atom is -0.454 e. The minimum atomic E-state index is -0.305. The Balaban J connectivity index is 1.45. The first-order valence-electron chi connectivity index (χ1n) is 7.78. The molecule has 1 N–H and O–H groups in total. The molecule has 0 saturated carbocycles. The number of hydrogen-bond acceptors (Lipinski definition) is 5. The zero-order chi connectivity index (χ0) is 17.9. The average Bonchev–Trinajstić information content (AvgIpc) is 3.14. The summed E-state index contributed by atoms with van der Waals surface area (Å²) in [5.74, 6) is 1.72. The third kappa shape index (κ3) is 3.41. The van der Waals surface area contributed by atoms with E-state index in [1.54, 1.807) is 54.6 Å². The predicted octanol–water partition coefficient (Wildman–Crippen LogP) is 4.51. The van der Waals surface area contributed by atoms with Gasteiger partial charge in [-0.15, -0.1) is 0 Å². The number of carbonyl (C=O) groups excluding carboxylic acids is 1. The van der Waals surface area contributed by atoms with E-state index in [0.29, 0.717) is 39.4 Å². The normalized spacial score (nSPS) is 11.9. The summed E-state index contributed by atoms with van der Waals surface area (Å²) in [6.07, 6.45) is 1.52. The van der Waals surface area contributed by atoms with Crippen molar-refractivity contribution in [1.29, 1.82) is 0 Å². The van der Waals surface area contributed by atoms with E-state index >= 15 is 0 Å². The topological polar surface area (TPSA) is 69.7 Å². The van der Waals surface area contributed by atoms with Gasteiger partial charge in [0.25, 0.3) is 5.91 Å². The number of fused-ring (bicyclic) bond motifs is 1. The Morgan fingerprint density at radius 1 is 1.08 bits per heavy atom. The summed E-state index contributed by atoms with van der Waals surface area (Å²) in [5, 5.41) is 3.41. The van der Waals surface area contributed by atoms with Gasteiger partial charge in [0.15, 0.2) is 11.5 Å². The summed E-state index contributed by atoms with van der Waals surface area (Å²) >= 11 is 5.84. The van der Waals surface area contributed by atoms with Crippen molar-refractivity contribution in [2.75, 3.05) is 12.1 Å². The van der Waals surface area contributed by atoms with Crippen molar-refractivity contribution in [2.24, 2.45) is 0 Å². The minimum absolute atomic E-state index is 0.109. The van der Waals surface area contributed by atoms with Gasteiger partial charge in [-0.2, -0.15) is 0 Å². The van der Waals surface area contributed by atoms with E-state index in [2.05, 4.69) is 10.3 Å². The van der Waals surface area contributed by atoms with Crippen molar-refractivity contribution in [2.45, 2.75) is 0 Å². The highest BCUT2D eigenvalue weighted by atomic mass is 35.5. The molecule has 130 valence electrons. The summed E-state index contributed by atoms with van der Waals surface area (Å²) in [5.41, 5.74) is 0.941. The molecule has 3 aromatic rings. The first kappa shape index (κ1) is 16.2. The molecule has 0 fully saturated rings. The number of para-hydroxylation sites is 1. The van der Waals surface area contributed by atoms with Gasteiger partial charge in [0.05, 0.1) is 17.4 Å². The van der Waals surface area contributed by atoms with Crippen LogP contribution in [0.25, 0.3) is 0 Å². The van der Waals surface area contributed by atoms with Crippen molar-refractivity contribution in [3.63, 3.8) is 0 Å². The third-order valence-electron chi connectivity index (χ3n) is 3.67. The molecule has 0 radical (unpaired) electrons. The predicted molar refractivity (Wildman–Crippen MR) is 96.3 cm³/mol. The van der Waals surface area contributed by atoms with E-state index < -0.39 is 0 Å². The first-order chi connectivity index (χ1) is 12.7. The number of amides is 1. The van der Waals surface area contributed by atoms with Crippen LogP contribution in [0.5, 0.6) is 23.1 Å². The molecule has 4 rings (SSSR count). The van der Waals surface area contributed by atoms with Crippen LogP contribution in [0.1, 0.15) is 10.4 Å². The quantitative estimate of drug-likeness (QED) is 0.733. The summed E-state index contributed by atoms with van der Waals surface area (Å²) in [4.78, 5) is 16.7. The summed E-state index contributed by atoms with van der Waals surface area (Å²) in [6.45, 7) is 0.109. The van der Waals surface area contributed by atoms with E-state index in [1.807, 2.05) is 0 Å². The maximum absolute atomic E-state index is 12.5. The van der Waals surface area contributed by atoms with Gasteiger partial charge in [0, 0.05) is 11.1 Å². The maximum Gasteiger partial charge on any atom is 0.259 e. The Morgan fingerprint density at radius 3 is 2.69 bits per heavy atom. The number of nitrogens with one attached hydrogen (secondary N) is 1. The molecule has 1 amide bonds. The molecule has 6 nitrogen and oxygen atoms in total. The Labute approximate surface area is 154 Å². The number of nitrogens with zero attached hydrogens (tertiary/aromatic N) is 1. The van der Waals surface area contributed by atoms with Gasteiger partial charge in [-0.1, -0.05) is 17.7 Å². The van der Waals surface area contributed by atoms with Gasteiger partial charge in [0.1, 0.15) is 5.75 Å². The van der Waals surface area contributed by atoms with E-state index in [1.165, 1.54) is 6.20 Å². The summed E-state index contributed by atoms with van der Waals surface area (Å²) < 4.78 is 16.3. The van der Waals surface area contributed by atoms with Crippen LogP contribution in [0.4, 0.5) is 5.69 Å². The van der Waals surface area contributed by atoms with Gasteiger partial charge in [-0.25, -0.2) is 4.98 Å². The summed E-state index contributed by atoms with van der Waals surface area (Å²) in [6, 6.07) is 15.5. The maximum atomic E-state index is 12.5. The van der Waals surface area contributed by atoms with Gasteiger partial charge in [-0.3, -0.25) is 4.79 Å². The van der Waals surface area contributed by atoms with Gasteiger partial charge in [-0.05, 0) is 42.5 Å². The zero-order valence-electron chi connectivity index (χ0n) is 13.4. The molecular formula is C19H13ClN2O4. The third-order valence-corrected chi connectivity index (χ3v) is 3.92. The second-order valence-corrected chi connectivity index (χ2v) is 5.87. The molecule has 1 aromatic heterocycles. The lowest BCUT2D eigenvalue weighted by Gasteiger charge is -2.08. The Kier molecular flexibility index (Phi) is 4.33. The second-order valence-electron chi connectivity index (χ2n) is 5.43. The number of hydrogen-bond donors (Lipinski definition) is 1. The second kappa shape index (κ2) is 6.93.